The summed E-state index contributed by atoms with van der Waals surface area (Å²) in [4.78, 5) is 11.0. The number of rotatable bonds is 7. The van der Waals surface area contributed by atoms with Crippen molar-refractivity contribution in [1.29, 1.82) is 0 Å². The summed E-state index contributed by atoms with van der Waals surface area (Å²) in [5.74, 6) is 0.0212. The van der Waals surface area contributed by atoms with Crippen molar-refractivity contribution in [3.8, 4) is 5.75 Å². The fourth-order valence-corrected chi connectivity index (χ4v) is 3.56. The highest BCUT2D eigenvalue weighted by atomic mass is 16.5. The lowest BCUT2D eigenvalue weighted by Crippen LogP contribution is -2.28. The molecule has 1 atom stereocenters. The summed E-state index contributed by atoms with van der Waals surface area (Å²) in [6, 6.07) is 13.2. The summed E-state index contributed by atoms with van der Waals surface area (Å²) in [6.07, 6.45) is 7.09. The summed E-state index contributed by atoms with van der Waals surface area (Å²) >= 11 is 0. The predicted octanol–water partition coefficient (Wildman–Crippen LogP) is 5.41. The largest absolute Gasteiger partial charge is 0.493 e. The molecule has 0 radical (unpaired) electrons. The Labute approximate surface area is 166 Å². The van der Waals surface area contributed by atoms with Crippen molar-refractivity contribution in [3.63, 3.8) is 0 Å². The van der Waals surface area contributed by atoms with Crippen molar-refractivity contribution in [2.45, 2.75) is 38.5 Å². The predicted molar refractivity (Wildman–Crippen MR) is 112 cm³/mol. The molecule has 0 saturated heterocycles. The number of benzene rings is 2. The van der Waals surface area contributed by atoms with Gasteiger partial charge in [0.1, 0.15) is 5.75 Å². The van der Waals surface area contributed by atoms with E-state index in [1.54, 1.807) is 12.1 Å². The van der Waals surface area contributed by atoms with E-state index in [9.17, 15) is 4.79 Å². The van der Waals surface area contributed by atoms with Crippen LogP contribution >= 0.6 is 0 Å². The molecule has 3 rings (SSSR count). The van der Waals surface area contributed by atoms with Gasteiger partial charge in [0, 0.05) is 17.6 Å². The lowest BCUT2D eigenvalue weighted by atomic mass is 9.79. The van der Waals surface area contributed by atoms with Crippen molar-refractivity contribution in [3.05, 3.63) is 64.7 Å². The number of carbonyl (C=O) groups is 1. The molecule has 2 aromatic carbocycles. The fraction of sp³-hybridized carbons (Fsp3) is 0.375. The molecule has 148 valence electrons. The van der Waals surface area contributed by atoms with Crippen LogP contribution in [-0.2, 0) is 10.2 Å². The number of hydrogen-bond donors (Lipinski definition) is 1. The van der Waals surface area contributed by atoms with E-state index in [-0.39, 0.29) is 5.41 Å². The second-order valence-corrected chi connectivity index (χ2v) is 7.58. The molecule has 4 heteroatoms. The van der Waals surface area contributed by atoms with Gasteiger partial charge in [-0.05, 0) is 48.6 Å². The van der Waals surface area contributed by atoms with Gasteiger partial charge < -0.3 is 14.6 Å². The van der Waals surface area contributed by atoms with Crippen LogP contribution in [0, 0.1) is 0 Å². The topological polar surface area (TPSA) is 55.8 Å². The molecule has 0 bridgehead atoms. The van der Waals surface area contributed by atoms with Gasteiger partial charge in [-0.15, -0.1) is 0 Å². The van der Waals surface area contributed by atoms with Gasteiger partial charge >= 0.3 is 5.97 Å². The smallest absolute Gasteiger partial charge is 0.335 e. The molecule has 0 fully saturated rings. The molecule has 0 amide bonds. The van der Waals surface area contributed by atoms with Gasteiger partial charge in [-0.1, -0.05) is 50.3 Å². The Balaban J connectivity index is 1.79. The molecule has 1 heterocycles. The quantitative estimate of drug-likeness (QED) is 0.515. The molecule has 0 aromatic heterocycles. The van der Waals surface area contributed by atoms with Gasteiger partial charge in [0.2, 0.25) is 0 Å². The second kappa shape index (κ2) is 9.07. The first-order chi connectivity index (χ1) is 13.5. The molecule has 4 nitrogen and oxygen atoms in total. The van der Waals surface area contributed by atoms with E-state index in [1.165, 1.54) is 5.56 Å². The van der Waals surface area contributed by atoms with Gasteiger partial charge in [-0.3, -0.25) is 0 Å². The SMILES string of the molecule is CCCOCC1(C)CCCOc2cc(/C=C/c3ccc(C(=O)O)cc3)ccc21. The molecule has 2 aromatic rings. The summed E-state index contributed by atoms with van der Waals surface area (Å²) in [7, 11) is 0. The Morgan fingerprint density at radius 2 is 1.89 bits per heavy atom. The first kappa shape index (κ1) is 20.2. The van der Waals surface area contributed by atoms with Gasteiger partial charge in [0.25, 0.3) is 0 Å². The summed E-state index contributed by atoms with van der Waals surface area (Å²) < 4.78 is 11.9. The van der Waals surface area contributed by atoms with Crippen LogP contribution in [-0.4, -0.2) is 30.9 Å². The summed E-state index contributed by atoms with van der Waals surface area (Å²) in [5, 5.41) is 8.99. The number of fused-ring (bicyclic) bond motifs is 1. The van der Waals surface area contributed by atoms with E-state index in [4.69, 9.17) is 14.6 Å². The van der Waals surface area contributed by atoms with Gasteiger partial charge in [0.15, 0.2) is 0 Å². The van der Waals surface area contributed by atoms with E-state index in [1.807, 2.05) is 24.3 Å². The fourth-order valence-electron chi connectivity index (χ4n) is 3.56. The molecule has 1 aliphatic heterocycles. The number of carboxylic acids is 1. The van der Waals surface area contributed by atoms with Crippen LogP contribution in [0.5, 0.6) is 5.75 Å². The average Bonchev–Trinajstić information content (AvgIpc) is 2.86. The number of hydrogen-bond acceptors (Lipinski definition) is 3. The zero-order valence-electron chi connectivity index (χ0n) is 16.6. The van der Waals surface area contributed by atoms with E-state index < -0.39 is 5.97 Å². The third-order valence-electron chi connectivity index (χ3n) is 5.18. The summed E-state index contributed by atoms with van der Waals surface area (Å²) in [5.41, 5.74) is 3.48. The lowest BCUT2D eigenvalue weighted by Gasteiger charge is -2.29. The van der Waals surface area contributed by atoms with Crippen molar-refractivity contribution < 1.29 is 19.4 Å². The zero-order chi connectivity index (χ0) is 20.0. The minimum Gasteiger partial charge on any atom is -0.493 e. The minimum absolute atomic E-state index is 0.0318. The second-order valence-electron chi connectivity index (χ2n) is 7.58. The Morgan fingerprint density at radius 1 is 1.18 bits per heavy atom. The number of ether oxygens (including phenoxy) is 2. The Bertz CT molecular complexity index is 838. The minimum atomic E-state index is -0.913. The molecule has 0 aliphatic carbocycles. The molecule has 1 aliphatic rings. The zero-order valence-corrected chi connectivity index (χ0v) is 16.6. The number of aromatic carboxylic acids is 1. The van der Waals surface area contributed by atoms with E-state index in [0.29, 0.717) is 12.2 Å². The first-order valence-corrected chi connectivity index (χ1v) is 9.88. The van der Waals surface area contributed by atoms with Crippen LogP contribution < -0.4 is 4.74 Å². The third-order valence-corrected chi connectivity index (χ3v) is 5.18. The Morgan fingerprint density at radius 3 is 2.61 bits per heavy atom. The first-order valence-electron chi connectivity index (χ1n) is 9.88. The maximum Gasteiger partial charge on any atom is 0.335 e. The van der Waals surface area contributed by atoms with Crippen LogP contribution in [0.1, 0.15) is 60.2 Å². The average molecular weight is 380 g/mol. The maximum atomic E-state index is 11.0. The normalized spacial score (nSPS) is 19.1. The molecule has 28 heavy (non-hydrogen) atoms. The Hall–Kier alpha value is -2.59. The van der Waals surface area contributed by atoms with Crippen LogP contribution in [0.15, 0.2) is 42.5 Å². The van der Waals surface area contributed by atoms with Crippen LogP contribution in [0.4, 0.5) is 0 Å². The standard InChI is InChI=1S/C24H28O4/c1-3-14-27-17-24(2)13-4-15-28-22-16-19(9-12-21(22)24)6-5-18-7-10-20(11-8-18)23(25)26/h5-12,16H,3-4,13-15,17H2,1-2H3,(H,25,26)/b6-5+. The highest BCUT2D eigenvalue weighted by Gasteiger charge is 2.32. The molecule has 0 spiro atoms. The van der Waals surface area contributed by atoms with Crippen molar-refractivity contribution in [1.82, 2.24) is 0 Å². The van der Waals surface area contributed by atoms with Crippen molar-refractivity contribution >= 4 is 18.1 Å². The van der Waals surface area contributed by atoms with E-state index in [2.05, 4.69) is 32.0 Å². The van der Waals surface area contributed by atoms with E-state index in [0.717, 1.165) is 49.4 Å². The number of carboxylic acid groups (broad SMARTS) is 1. The molecule has 1 unspecified atom stereocenters. The van der Waals surface area contributed by atoms with E-state index >= 15 is 0 Å². The lowest BCUT2D eigenvalue weighted by molar-refractivity contribution is 0.0697. The van der Waals surface area contributed by atoms with Crippen molar-refractivity contribution in [2.24, 2.45) is 0 Å². The van der Waals surface area contributed by atoms with Crippen molar-refractivity contribution in [2.75, 3.05) is 19.8 Å². The summed E-state index contributed by atoms with van der Waals surface area (Å²) in [6.45, 7) is 6.60. The monoisotopic (exact) mass is 380 g/mol. The molecular weight excluding hydrogens is 352 g/mol. The van der Waals surface area contributed by atoms with Crippen LogP contribution in [0.2, 0.25) is 0 Å². The third kappa shape index (κ3) is 4.82. The molecule has 0 saturated carbocycles. The highest BCUT2D eigenvalue weighted by Crippen LogP contribution is 2.39. The van der Waals surface area contributed by atoms with Gasteiger partial charge in [-0.2, -0.15) is 0 Å². The van der Waals surface area contributed by atoms with Crippen LogP contribution in [0.3, 0.4) is 0 Å². The molecule has 1 N–H and O–H groups in total. The highest BCUT2D eigenvalue weighted by molar-refractivity contribution is 5.88. The maximum absolute atomic E-state index is 11.0. The molecular formula is C24H28O4. The van der Waals surface area contributed by atoms with Crippen LogP contribution in [0.25, 0.3) is 12.2 Å². The van der Waals surface area contributed by atoms with Gasteiger partial charge in [-0.25, -0.2) is 4.79 Å². The van der Waals surface area contributed by atoms with Gasteiger partial charge in [0.05, 0.1) is 18.8 Å². The Kier molecular flexibility index (Phi) is 6.53.